The minimum atomic E-state index is -0.135. The molecule has 2 aromatic heterocycles. The van der Waals surface area contributed by atoms with Crippen LogP contribution >= 0.6 is 11.3 Å². The summed E-state index contributed by atoms with van der Waals surface area (Å²) in [6, 6.07) is 7.88. The molecular formula is C17H16N4O2S. The van der Waals surface area contributed by atoms with Gasteiger partial charge in [-0.25, -0.2) is 4.98 Å². The number of nitrogens with zero attached hydrogens (tertiary/aromatic N) is 1. The zero-order valence-corrected chi connectivity index (χ0v) is 13.7. The zero-order chi connectivity index (χ0) is 16.5. The van der Waals surface area contributed by atoms with E-state index < -0.39 is 0 Å². The Labute approximate surface area is 142 Å². The fraction of sp³-hybridized carbons (Fsp3) is 0.235. The number of hydrogen-bond acceptors (Lipinski definition) is 4. The lowest BCUT2D eigenvalue weighted by Gasteiger charge is -2.01. The number of fused-ring (bicyclic) bond motifs is 2. The molecule has 3 aromatic rings. The summed E-state index contributed by atoms with van der Waals surface area (Å²) in [7, 11) is 0. The van der Waals surface area contributed by atoms with Crippen molar-refractivity contribution in [1.82, 2.24) is 15.3 Å². The second kappa shape index (κ2) is 6.09. The maximum absolute atomic E-state index is 12.3. The van der Waals surface area contributed by atoms with Crippen molar-refractivity contribution in [3.8, 4) is 0 Å². The first-order valence-corrected chi connectivity index (χ1v) is 8.65. The number of aromatic amines is 1. The minimum absolute atomic E-state index is 0.0999. The molecule has 0 unspecified atom stereocenters. The van der Waals surface area contributed by atoms with Gasteiger partial charge in [-0.1, -0.05) is 29.5 Å². The van der Waals surface area contributed by atoms with E-state index in [-0.39, 0.29) is 18.2 Å². The molecule has 0 radical (unpaired) electrons. The van der Waals surface area contributed by atoms with Crippen LogP contribution in [0.4, 0.5) is 5.13 Å². The number of rotatable bonds is 3. The molecule has 4 rings (SSSR count). The number of thiazole rings is 1. The summed E-state index contributed by atoms with van der Waals surface area (Å²) in [6.45, 7) is 0.671. The van der Waals surface area contributed by atoms with E-state index in [1.165, 1.54) is 11.3 Å². The van der Waals surface area contributed by atoms with Crippen molar-refractivity contribution in [2.24, 2.45) is 0 Å². The van der Waals surface area contributed by atoms with Crippen LogP contribution in [0.5, 0.6) is 0 Å². The Bertz CT molecular complexity index is 928. The van der Waals surface area contributed by atoms with Gasteiger partial charge in [-0.05, 0) is 24.5 Å². The van der Waals surface area contributed by atoms with Crippen LogP contribution < -0.4 is 10.6 Å². The van der Waals surface area contributed by atoms with Crippen LogP contribution in [0.1, 0.15) is 27.3 Å². The molecule has 0 aliphatic carbocycles. The molecule has 0 bridgehead atoms. The highest BCUT2D eigenvalue weighted by Gasteiger charge is 2.21. The van der Waals surface area contributed by atoms with Gasteiger partial charge in [0.25, 0.3) is 5.91 Å². The number of nitrogens with one attached hydrogen (secondary N) is 3. The van der Waals surface area contributed by atoms with Crippen LogP contribution in [0.25, 0.3) is 10.9 Å². The normalized spacial score (nSPS) is 14.1. The first kappa shape index (κ1) is 14.9. The molecule has 1 aromatic carbocycles. The molecule has 3 N–H and O–H groups in total. The van der Waals surface area contributed by atoms with Gasteiger partial charge >= 0.3 is 0 Å². The van der Waals surface area contributed by atoms with Crippen molar-refractivity contribution in [2.45, 2.75) is 19.3 Å². The molecule has 0 fully saturated rings. The summed E-state index contributed by atoms with van der Waals surface area (Å²) in [5, 5.41) is 7.19. The number of carbonyl (C=O) groups is 2. The highest BCUT2D eigenvalue weighted by Crippen LogP contribution is 2.26. The standard InChI is InChI=1S/C17H16N4O2S/c22-14(8-10-9-19-12-5-2-1-4-11(10)12)21-17-20-13-6-3-7-18-16(23)15(13)24-17/h1-2,4-5,9,19H,3,6-8H2,(H,18,23)(H,20,21,22). The van der Waals surface area contributed by atoms with E-state index in [0.29, 0.717) is 16.6 Å². The van der Waals surface area contributed by atoms with E-state index in [1.54, 1.807) is 0 Å². The van der Waals surface area contributed by atoms with Crippen LogP contribution in [0.3, 0.4) is 0 Å². The number of aryl methyl sites for hydroxylation is 1. The van der Waals surface area contributed by atoms with Gasteiger partial charge in [0, 0.05) is 23.6 Å². The van der Waals surface area contributed by atoms with Gasteiger partial charge < -0.3 is 15.6 Å². The van der Waals surface area contributed by atoms with Crippen molar-refractivity contribution >= 4 is 39.2 Å². The van der Waals surface area contributed by atoms with Gasteiger partial charge in [0.05, 0.1) is 12.1 Å². The predicted molar refractivity (Wildman–Crippen MR) is 93.4 cm³/mol. The van der Waals surface area contributed by atoms with Crippen molar-refractivity contribution in [2.75, 3.05) is 11.9 Å². The lowest BCUT2D eigenvalue weighted by molar-refractivity contribution is -0.115. The Kier molecular flexibility index (Phi) is 3.78. The Morgan fingerprint density at radius 2 is 2.21 bits per heavy atom. The van der Waals surface area contributed by atoms with Gasteiger partial charge in [-0.15, -0.1) is 0 Å². The second-order valence-corrected chi connectivity index (χ2v) is 6.74. The van der Waals surface area contributed by atoms with E-state index >= 15 is 0 Å². The SMILES string of the molecule is O=C(Cc1c[nH]c2ccccc12)Nc1nc2c(s1)C(=O)NCCC2. The predicted octanol–water partition coefficient (Wildman–Crippen LogP) is 2.48. The van der Waals surface area contributed by atoms with Crippen LogP contribution in [0.15, 0.2) is 30.5 Å². The largest absolute Gasteiger partial charge is 0.361 e. The van der Waals surface area contributed by atoms with E-state index in [0.717, 1.165) is 35.0 Å². The quantitative estimate of drug-likeness (QED) is 0.684. The highest BCUT2D eigenvalue weighted by atomic mass is 32.1. The third-order valence-electron chi connectivity index (χ3n) is 4.05. The smallest absolute Gasteiger partial charge is 0.263 e. The van der Waals surface area contributed by atoms with Gasteiger partial charge in [-0.3, -0.25) is 9.59 Å². The minimum Gasteiger partial charge on any atom is -0.361 e. The number of H-pyrrole nitrogens is 1. The molecule has 0 saturated heterocycles. The lowest BCUT2D eigenvalue weighted by Crippen LogP contribution is -2.21. The molecule has 24 heavy (non-hydrogen) atoms. The van der Waals surface area contributed by atoms with Crippen molar-refractivity contribution in [1.29, 1.82) is 0 Å². The fourth-order valence-electron chi connectivity index (χ4n) is 2.90. The van der Waals surface area contributed by atoms with Crippen LogP contribution in [-0.4, -0.2) is 28.3 Å². The molecule has 1 aliphatic rings. The number of benzene rings is 1. The summed E-state index contributed by atoms with van der Waals surface area (Å²) in [5.74, 6) is -0.235. The highest BCUT2D eigenvalue weighted by molar-refractivity contribution is 7.17. The average Bonchev–Trinajstić information content (AvgIpc) is 3.12. The van der Waals surface area contributed by atoms with Gasteiger partial charge in [-0.2, -0.15) is 0 Å². The van der Waals surface area contributed by atoms with E-state index in [9.17, 15) is 9.59 Å². The Morgan fingerprint density at radius 1 is 1.33 bits per heavy atom. The molecule has 0 atom stereocenters. The Hall–Kier alpha value is -2.67. The monoisotopic (exact) mass is 340 g/mol. The number of hydrogen-bond donors (Lipinski definition) is 3. The van der Waals surface area contributed by atoms with E-state index in [4.69, 9.17) is 0 Å². The molecule has 0 spiro atoms. The van der Waals surface area contributed by atoms with E-state index in [1.807, 2.05) is 30.5 Å². The molecule has 0 saturated carbocycles. The topological polar surface area (TPSA) is 86.9 Å². The van der Waals surface area contributed by atoms with Crippen molar-refractivity contribution in [3.05, 3.63) is 46.6 Å². The maximum atomic E-state index is 12.3. The van der Waals surface area contributed by atoms with Crippen LogP contribution in [0, 0.1) is 0 Å². The third-order valence-corrected chi connectivity index (χ3v) is 5.06. The molecular weight excluding hydrogens is 324 g/mol. The van der Waals surface area contributed by atoms with Gasteiger partial charge in [0.15, 0.2) is 5.13 Å². The average molecular weight is 340 g/mol. The zero-order valence-electron chi connectivity index (χ0n) is 12.9. The maximum Gasteiger partial charge on any atom is 0.263 e. The molecule has 6 nitrogen and oxygen atoms in total. The molecule has 3 heterocycles. The number of para-hydroxylation sites is 1. The molecule has 7 heteroatoms. The second-order valence-electron chi connectivity index (χ2n) is 5.74. The summed E-state index contributed by atoms with van der Waals surface area (Å²) < 4.78 is 0. The van der Waals surface area contributed by atoms with Gasteiger partial charge in [0.2, 0.25) is 5.91 Å². The lowest BCUT2D eigenvalue weighted by atomic mass is 10.1. The number of aromatic nitrogens is 2. The first-order chi connectivity index (χ1) is 11.7. The molecule has 1 aliphatic heterocycles. The summed E-state index contributed by atoms with van der Waals surface area (Å²) in [6.07, 6.45) is 3.74. The van der Waals surface area contributed by atoms with Crippen molar-refractivity contribution in [3.63, 3.8) is 0 Å². The third kappa shape index (κ3) is 2.78. The molecule has 2 amide bonds. The number of amides is 2. The Balaban J connectivity index is 1.50. The summed E-state index contributed by atoms with van der Waals surface area (Å²) >= 11 is 1.24. The Morgan fingerprint density at radius 3 is 3.12 bits per heavy atom. The van der Waals surface area contributed by atoms with Crippen LogP contribution in [0.2, 0.25) is 0 Å². The van der Waals surface area contributed by atoms with Crippen molar-refractivity contribution < 1.29 is 9.59 Å². The van der Waals surface area contributed by atoms with E-state index in [2.05, 4.69) is 20.6 Å². The number of anilines is 1. The van der Waals surface area contributed by atoms with Gasteiger partial charge in [0.1, 0.15) is 4.88 Å². The first-order valence-electron chi connectivity index (χ1n) is 7.83. The summed E-state index contributed by atoms with van der Waals surface area (Å²) in [5.41, 5.74) is 2.73. The molecule has 122 valence electrons. The van der Waals surface area contributed by atoms with Crippen LogP contribution in [-0.2, 0) is 17.6 Å². The fourth-order valence-corrected chi connectivity index (χ4v) is 3.85. The summed E-state index contributed by atoms with van der Waals surface area (Å²) in [4.78, 5) is 32.5. The number of carbonyl (C=O) groups excluding carboxylic acids is 2.